The largest absolute Gasteiger partial charge is 0.494 e. The summed E-state index contributed by atoms with van der Waals surface area (Å²) in [5, 5.41) is 0. The molecule has 3 nitrogen and oxygen atoms in total. The van der Waals surface area contributed by atoms with Crippen LogP contribution in [0.4, 0.5) is 0 Å². The van der Waals surface area contributed by atoms with Crippen molar-refractivity contribution in [2.45, 2.75) is 19.9 Å². The molecule has 0 fully saturated rings. The number of carbonyl (C=O) groups is 1. The number of ether oxygens (including phenoxy) is 1. The van der Waals surface area contributed by atoms with Crippen LogP contribution >= 0.6 is 0 Å². The third kappa shape index (κ3) is 3.45. The summed E-state index contributed by atoms with van der Waals surface area (Å²) in [6.45, 7) is 3.01. The van der Waals surface area contributed by atoms with Gasteiger partial charge in [-0.1, -0.05) is 24.3 Å². The summed E-state index contributed by atoms with van der Waals surface area (Å²) >= 11 is 0. The fourth-order valence-electron chi connectivity index (χ4n) is 2.11. The van der Waals surface area contributed by atoms with Crippen LogP contribution in [0.15, 0.2) is 48.5 Å². The van der Waals surface area contributed by atoms with E-state index in [1.807, 2.05) is 43.3 Å². The van der Waals surface area contributed by atoms with Gasteiger partial charge in [0.2, 0.25) is 0 Å². The van der Waals surface area contributed by atoms with E-state index in [2.05, 4.69) is 0 Å². The van der Waals surface area contributed by atoms with E-state index in [4.69, 9.17) is 10.5 Å². The first-order chi connectivity index (χ1) is 9.74. The predicted molar refractivity (Wildman–Crippen MR) is 80.0 cm³/mol. The Labute approximate surface area is 119 Å². The van der Waals surface area contributed by atoms with Gasteiger partial charge in [0.25, 0.3) is 0 Å². The Balaban J connectivity index is 2.11. The van der Waals surface area contributed by atoms with Gasteiger partial charge in [-0.2, -0.15) is 0 Å². The second kappa shape index (κ2) is 6.87. The van der Waals surface area contributed by atoms with Gasteiger partial charge in [0.05, 0.1) is 6.61 Å². The van der Waals surface area contributed by atoms with E-state index in [1.165, 1.54) is 0 Å². The van der Waals surface area contributed by atoms with E-state index in [1.54, 1.807) is 12.1 Å². The Morgan fingerprint density at radius 3 is 2.30 bits per heavy atom. The molecule has 2 N–H and O–H groups in total. The first kappa shape index (κ1) is 14.3. The highest BCUT2D eigenvalue weighted by molar-refractivity contribution is 5.97. The Kier molecular flexibility index (Phi) is 4.91. The van der Waals surface area contributed by atoms with Gasteiger partial charge in [-0.25, -0.2) is 0 Å². The van der Waals surface area contributed by atoms with Gasteiger partial charge < -0.3 is 10.5 Å². The van der Waals surface area contributed by atoms with E-state index in [0.717, 1.165) is 16.9 Å². The Morgan fingerprint density at radius 2 is 1.70 bits per heavy atom. The van der Waals surface area contributed by atoms with Crippen molar-refractivity contribution < 1.29 is 9.53 Å². The van der Waals surface area contributed by atoms with Crippen molar-refractivity contribution >= 4 is 5.78 Å². The lowest BCUT2D eigenvalue weighted by molar-refractivity contribution is 0.0992. The maximum Gasteiger partial charge on any atom is 0.167 e. The summed E-state index contributed by atoms with van der Waals surface area (Å²) < 4.78 is 5.37. The van der Waals surface area contributed by atoms with E-state index in [-0.39, 0.29) is 5.78 Å². The second-order valence-electron chi connectivity index (χ2n) is 4.53. The molecular formula is C17H19NO2. The lowest BCUT2D eigenvalue weighted by Crippen LogP contribution is -2.08. The average molecular weight is 269 g/mol. The van der Waals surface area contributed by atoms with Crippen LogP contribution in [0.1, 0.15) is 28.4 Å². The number of benzene rings is 2. The Morgan fingerprint density at radius 1 is 1.05 bits per heavy atom. The zero-order chi connectivity index (χ0) is 14.4. The molecule has 20 heavy (non-hydrogen) atoms. The van der Waals surface area contributed by atoms with Gasteiger partial charge in [0.1, 0.15) is 5.75 Å². The van der Waals surface area contributed by atoms with Crippen LogP contribution in [0.3, 0.4) is 0 Å². The number of rotatable bonds is 6. The lowest BCUT2D eigenvalue weighted by atomic mass is 9.99. The van der Waals surface area contributed by atoms with Crippen LogP contribution in [0, 0.1) is 0 Å². The van der Waals surface area contributed by atoms with Crippen molar-refractivity contribution in [1.82, 2.24) is 0 Å². The van der Waals surface area contributed by atoms with Gasteiger partial charge in [-0.15, -0.1) is 0 Å². The van der Waals surface area contributed by atoms with Gasteiger partial charge in [-0.3, -0.25) is 4.79 Å². The van der Waals surface area contributed by atoms with Gasteiger partial charge in [0.15, 0.2) is 5.78 Å². The molecule has 2 aromatic carbocycles. The zero-order valence-electron chi connectivity index (χ0n) is 11.6. The third-order valence-electron chi connectivity index (χ3n) is 3.18. The molecule has 104 valence electrons. The quantitative estimate of drug-likeness (QED) is 0.820. The molecule has 0 saturated heterocycles. The van der Waals surface area contributed by atoms with Crippen molar-refractivity contribution in [2.75, 3.05) is 6.61 Å². The molecule has 3 heteroatoms. The predicted octanol–water partition coefficient (Wildman–Crippen LogP) is 2.97. The molecule has 0 aliphatic rings. The van der Waals surface area contributed by atoms with E-state index < -0.39 is 0 Å². The average Bonchev–Trinajstić information content (AvgIpc) is 2.49. The van der Waals surface area contributed by atoms with Crippen molar-refractivity contribution in [3.8, 4) is 5.75 Å². The van der Waals surface area contributed by atoms with Crippen molar-refractivity contribution in [1.29, 1.82) is 0 Å². The number of hydrogen-bond donors (Lipinski definition) is 1. The van der Waals surface area contributed by atoms with Crippen LogP contribution in [-0.2, 0) is 13.0 Å². The summed E-state index contributed by atoms with van der Waals surface area (Å²) in [6, 6.07) is 15.0. The summed E-state index contributed by atoms with van der Waals surface area (Å²) in [4.78, 5) is 12.3. The van der Waals surface area contributed by atoms with Crippen LogP contribution < -0.4 is 10.5 Å². The summed E-state index contributed by atoms with van der Waals surface area (Å²) in [7, 11) is 0. The van der Waals surface area contributed by atoms with E-state index in [9.17, 15) is 4.79 Å². The molecule has 0 heterocycles. The van der Waals surface area contributed by atoms with E-state index >= 15 is 0 Å². The molecule has 0 atom stereocenters. The van der Waals surface area contributed by atoms with Crippen LogP contribution in [0.25, 0.3) is 0 Å². The minimum Gasteiger partial charge on any atom is -0.494 e. The summed E-state index contributed by atoms with van der Waals surface area (Å²) in [6.07, 6.45) is 0.376. The minimum atomic E-state index is 0.0916. The minimum absolute atomic E-state index is 0.0916. The van der Waals surface area contributed by atoms with Crippen LogP contribution in [0.5, 0.6) is 5.75 Å². The highest BCUT2D eigenvalue weighted by atomic mass is 16.5. The van der Waals surface area contributed by atoms with Crippen molar-refractivity contribution in [3.05, 3.63) is 65.2 Å². The molecule has 0 radical (unpaired) electrons. The number of nitrogens with two attached hydrogens (primary N) is 1. The molecule has 0 aliphatic heterocycles. The van der Waals surface area contributed by atoms with Gasteiger partial charge >= 0.3 is 0 Å². The number of ketones is 1. The maximum absolute atomic E-state index is 12.3. The standard InChI is InChI=1S/C17H19NO2/c1-2-20-16-9-7-13(8-10-16)17(19)11-14-5-3-4-6-15(14)12-18/h3-10H,2,11-12,18H2,1H3. The van der Waals surface area contributed by atoms with Crippen molar-refractivity contribution in [2.24, 2.45) is 5.73 Å². The fraction of sp³-hybridized carbons (Fsp3) is 0.235. The normalized spacial score (nSPS) is 10.3. The maximum atomic E-state index is 12.3. The highest BCUT2D eigenvalue weighted by Gasteiger charge is 2.09. The molecule has 0 bridgehead atoms. The smallest absolute Gasteiger partial charge is 0.167 e. The second-order valence-corrected chi connectivity index (χ2v) is 4.53. The Bertz CT molecular complexity index is 576. The summed E-state index contributed by atoms with van der Waals surface area (Å²) in [5.74, 6) is 0.875. The monoisotopic (exact) mass is 269 g/mol. The number of Topliss-reactive ketones (excluding diaryl/α,β-unsaturated/α-hetero) is 1. The van der Waals surface area contributed by atoms with Crippen LogP contribution in [-0.4, -0.2) is 12.4 Å². The fourth-order valence-corrected chi connectivity index (χ4v) is 2.11. The third-order valence-corrected chi connectivity index (χ3v) is 3.18. The van der Waals surface area contributed by atoms with Gasteiger partial charge in [0, 0.05) is 18.5 Å². The van der Waals surface area contributed by atoms with E-state index in [0.29, 0.717) is 25.1 Å². The topological polar surface area (TPSA) is 52.3 Å². The highest BCUT2D eigenvalue weighted by Crippen LogP contribution is 2.16. The lowest BCUT2D eigenvalue weighted by Gasteiger charge is -2.08. The van der Waals surface area contributed by atoms with Gasteiger partial charge in [-0.05, 0) is 42.3 Å². The van der Waals surface area contributed by atoms with Crippen molar-refractivity contribution in [3.63, 3.8) is 0 Å². The number of carbonyl (C=O) groups excluding carboxylic acids is 1. The molecule has 0 unspecified atom stereocenters. The molecule has 0 amide bonds. The molecule has 0 spiro atoms. The molecule has 0 aromatic heterocycles. The molecule has 2 rings (SSSR count). The molecular weight excluding hydrogens is 250 g/mol. The molecule has 0 aliphatic carbocycles. The first-order valence-corrected chi connectivity index (χ1v) is 6.77. The molecule has 2 aromatic rings. The first-order valence-electron chi connectivity index (χ1n) is 6.77. The number of hydrogen-bond acceptors (Lipinski definition) is 3. The molecule has 0 saturated carbocycles. The Hall–Kier alpha value is -2.13. The van der Waals surface area contributed by atoms with Crippen LogP contribution in [0.2, 0.25) is 0 Å². The SMILES string of the molecule is CCOc1ccc(C(=O)Cc2ccccc2CN)cc1. The summed E-state index contributed by atoms with van der Waals surface area (Å²) in [5.41, 5.74) is 8.40. The zero-order valence-corrected chi connectivity index (χ0v) is 11.6.